The van der Waals surface area contributed by atoms with Crippen molar-refractivity contribution in [2.75, 3.05) is 13.2 Å². The van der Waals surface area contributed by atoms with Crippen LogP contribution in [0.15, 0.2) is 23.4 Å². The Kier molecular flexibility index (Phi) is 6.62. The van der Waals surface area contributed by atoms with Gasteiger partial charge in [0, 0.05) is 12.0 Å². The van der Waals surface area contributed by atoms with Crippen molar-refractivity contribution in [2.45, 2.75) is 63.8 Å². The topological polar surface area (TPSA) is 114 Å². The average Bonchev–Trinajstić information content (AvgIpc) is 3.02. The molecule has 0 saturated heterocycles. The molecule has 7 nitrogen and oxygen atoms in total. The van der Waals surface area contributed by atoms with E-state index in [1.807, 2.05) is 0 Å². The highest BCUT2D eigenvalue weighted by Crippen LogP contribution is 2.44. The molecule has 0 heterocycles. The summed E-state index contributed by atoms with van der Waals surface area (Å²) in [6.07, 6.45) is 4.95. The molecule has 0 bridgehead atoms. The fourth-order valence-electron chi connectivity index (χ4n) is 4.03. The second-order valence-electron chi connectivity index (χ2n) is 8.62. The number of fused-ring (bicyclic) bond motifs is 1. The Morgan fingerprint density at radius 2 is 2.11 bits per heavy atom. The van der Waals surface area contributed by atoms with Crippen LogP contribution in [0.3, 0.4) is 0 Å². The van der Waals surface area contributed by atoms with Crippen molar-refractivity contribution in [1.82, 2.24) is 0 Å². The maximum Gasteiger partial charge on any atom is 0.469 e. The van der Waals surface area contributed by atoms with E-state index in [2.05, 4.69) is 41.7 Å². The monoisotopic (exact) mass is 410 g/mol. The molecule has 0 spiro atoms. The fraction of sp³-hybridized carbons (Fsp3) is 0.650. The van der Waals surface area contributed by atoms with Crippen LogP contribution >= 0.6 is 7.82 Å². The molecule has 0 aromatic heterocycles. The van der Waals surface area contributed by atoms with Gasteiger partial charge in [-0.1, -0.05) is 37.2 Å². The second kappa shape index (κ2) is 8.64. The smallest absolute Gasteiger partial charge is 0.396 e. The molecular formula is C20H31N2O5P. The Bertz CT molecular complexity index is 776. The number of nitrogens with two attached hydrogens (primary N) is 1. The first-order valence-corrected chi connectivity index (χ1v) is 11.4. The number of phosphoric acid groups is 1. The van der Waals surface area contributed by atoms with Crippen LogP contribution in [0.4, 0.5) is 0 Å². The molecule has 0 radical (unpaired) electrons. The second-order valence-corrected chi connectivity index (χ2v) is 9.86. The molecule has 3 rings (SSSR count). The van der Waals surface area contributed by atoms with E-state index in [-0.39, 0.29) is 6.61 Å². The first-order chi connectivity index (χ1) is 13.1. The van der Waals surface area contributed by atoms with Crippen molar-refractivity contribution in [3.05, 3.63) is 34.9 Å². The van der Waals surface area contributed by atoms with Gasteiger partial charge >= 0.3 is 7.82 Å². The zero-order valence-corrected chi connectivity index (χ0v) is 17.5. The highest BCUT2D eigenvalue weighted by atomic mass is 31.2. The summed E-state index contributed by atoms with van der Waals surface area (Å²) in [4.78, 5) is 23.3. The lowest BCUT2D eigenvalue weighted by Gasteiger charge is -2.24. The van der Waals surface area contributed by atoms with Crippen LogP contribution in [-0.4, -0.2) is 34.3 Å². The van der Waals surface area contributed by atoms with Crippen LogP contribution < -0.4 is 5.73 Å². The van der Waals surface area contributed by atoms with E-state index in [0.29, 0.717) is 31.3 Å². The van der Waals surface area contributed by atoms with Gasteiger partial charge in [0.25, 0.3) is 0 Å². The highest BCUT2D eigenvalue weighted by Gasteiger charge is 2.38. The zero-order chi connectivity index (χ0) is 20.4. The average molecular weight is 410 g/mol. The van der Waals surface area contributed by atoms with Gasteiger partial charge in [-0.3, -0.25) is 4.52 Å². The molecule has 1 aromatic carbocycles. The maximum atomic E-state index is 11.0. The van der Waals surface area contributed by atoms with Gasteiger partial charge in [-0.15, -0.1) is 0 Å². The number of benzene rings is 1. The first-order valence-electron chi connectivity index (χ1n) is 9.92. The molecule has 0 amide bonds. The number of phosphoric ester groups is 1. The summed E-state index contributed by atoms with van der Waals surface area (Å²) in [6.45, 7) is 4.74. The summed E-state index contributed by atoms with van der Waals surface area (Å²) in [7, 11) is -4.49. The Morgan fingerprint density at radius 3 is 2.82 bits per heavy atom. The summed E-state index contributed by atoms with van der Waals surface area (Å²) >= 11 is 0. The van der Waals surface area contributed by atoms with Crippen LogP contribution in [0, 0.1) is 5.92 Å². The third-order valence-corrected chi connectivity index (χ3v) is 6.01. The van der Waals surface area contributed by atoms with Gasteiger partial charge in [0.05, 0.1) is 12.3 Å². The molecule has 0 aliphatic heterocycles. The minimum atomic E-state index is -4.49. The molecule has 1 fully saturated rings. The largest absolute Gasteiger partial charge is 0.469 e. The number of oxime groups is 1. The molecule has 4 N–H and O–H groups in total. The molecule has 1 saturated carbocycles. The van der Waals surface area contributed by atoms with Crippen molar-refractivity contribution in [2.24, 2.45) is 16.8 Å². The molecule has 2 atom stereocenters. The van der Waals surface area contributed by atoms with Gasteiger partial charge in [-0.2, -0.15) is 0 Å². The van der Waals surface area contributed by atoms with Gasteiger partial charge in [-0.25, -0.2) is 4.57 Å². The van der Waals surface area contributed by atoms with Crippen molar-refractivity contribution in [1.29, 1.82) is 0 Å². The summed E-state index contributed by atoms with van der Waals surface area (Å²) in [5, 5.41) is 4.30. The molecule has 2 aliphatic rings. The summed E-state index contributed by atoms with van der Waals surface area (Å²) in [5.41, 5.74) is 10.6. The minimum Gasteiger partial charge on any atom is -0.396 e. The molecule has 0 unspecified atom stereocenters. The molecule has 156 valence electrons. The van der Waals surface area contributed by atoms with E-state index in [0.717, 1.165) is 31.4 Å². The zero-order valence-electron chi connectivity index (χ0n) is 16.6. The van der Waals surface area contributed by atoms with E-state index in [1.54, 1.807) is 0 Å². The summed E-state index contributed by atoms with van der Waals surface area (Å²) in [6, 6.07) is 6.59. The quantitative estimate of drug-likeness (QED) is 0.469. The third kappa shape index (κ3) is 5.88. The number of rotatable bonds is 7. The van der Waals surface area contributed by atoms with Gasteiger partial charge in [0.15, 0.2) is 0 Å². The summed E-state index contributed by atoms with van der Waals surface area (Å²) in [5.74, 6) is 0.760. The number of hydrogen-bond donors (Lipinski definition) is 3. The van der Waals surface area contributed by atoms with Gasteiger partial charge in [0.1, 0.15) is 6.61 Å². The standard InChI is InChI=1S/C20H31N2O5P/c1-14(2)12-26-22-19-6-5-15-9-16(3-4-17(15)10-19)18-7-8-20(21,11-18)13-27-28(23,24)25/h3-4,9,14,18H,5-8,10-13,21H2,1-2H3,(H2,23,24,25)/b22-19-/t18-,20+/m0/s1. The Labute approximate surface area is 166 Å². The van der Waals surface area contributed by atoms with Crippen molar-refractivity contribution < 1.29 is 23.7 Å². The van der Waals surface area contributed by atoms with Crippen molar-refractivity contribution in [3.8, 4) is 0 Å². The van der Waals surface area contributed by atoms with Gasteiger partial charge in [-0.05, 0) is 60.6 Å². The Hall–Kier alpha value is -1.24. The predicted octanol–water partition coefficient (Wildman–Crippen LogP) is 3.28. The lowest BCUT2D eigenvalue weighted by molar-refractivity contribution is 0.117. The highest BCUT2D eigenvalue weighted by molar-refractivity contribution is 7.46. The van der Waals surface area contributed by atoms with E-state index < -0.39 is 13.4 Å². The molecular weight excluding hydrogens is 379 g/mol. The molecule has 2 aliphatic carbocycles. The number of nitrogens with zero attached hydrogens (tertiary/aromatic N) is 1. The number of hydrogen-bond acceptors (Lipinski definition) is 5. The molecule has 1 aromatic rings. The Morgan fingerprint density at radius 1 is 1.32 bits per heavy atom. The van der Waals surface area contributed by atoms with Crippen molar-refractivity contribution in [3.63, 3.8) is 0 Å². The van der Waals surface area contributed by atoms with Crippen LogP contribution in [0.5, 0.6) is 0 Å². The third-order valence-electron chi connectivity index (χ3n) is 5.54. The summed E-state index contributed by atoms with van der Waals surface area (Å²) < 4.78 is 15.6. The van der Waals surface area contributed by atoms with Crippen LogP contribution in [0.25, 0.3) is 0 Å². The van der Waals surface area contributed by atoms with Crippen LogP contribution in [-0.2, 0) is 26.8 Å². The van der Waals surface area contributed by atoms with Gasteiger partial charge < -0.3 is 20.4 Å². The predicted molar refractivity (Wildman–Crippen MR) is 108 cm³/mol. The van der Waals surface area contributed by atoms with Gasteiger partial charge in [0.2, 0.25) is 0 Å². The molecule has 28 heavy (non-hydrogen) atoms. The maximum absolute atomic E-state index is 11.0. The van der Waals surface area contributed by atoms with Crippen LogP contribution in [0.1, 0.15) is 62.1 Å². The lowest BCUT2D eigenvalue weighted by Crippen LogP contribution is -2.41. The minimum absolute atomic E-state index is 0.116. The van der Waals surface area contributed by atoms with E-state index >= 15 is 0 Å². The Balaban J connectivity index is 1.61. The lowest BCUT2D eigenvalue weighted by atomic mass is 9.85. The fourth-order valence-corrected chi connectivity index (χ4v) is 4.46. The normalized spacial score (nSPS) is 26.6. The first kappa shape index (κ1) is 21.5. The molecule has 8 heteroatoms. The van der Waals surface area contributed by atoms with E-state index in [9.17, 15) is 4.57 Å². The number of aryl methyl sites for hydroxylation is 1. The van der Waals surface area contributed by atoms with Crippen LogP contribution in [0.2, 0.25) is 0 Å². The SMILES string of the molecule is CC(C)CO/N=C1/CCc2cc([C@H]3CC[C@](N)(COP(=O)(O)O)C3)ccc2C1. The van der Waals surface area contributed by atoms with Crippen molar-refractivity contribution >= 4 is 13.5 Å². The van der Waals surface area contributed by atoms with E-state index in [4.69, 9.17) is 20.4 Å². The van der Waals surface area contributed by atoms with E-state index in [1.165, 1.54) is 16.7 Å².